The van der Waals surface area contributed by atoms with Crippen molar-refractivity contribution in [3.8, 4) is 11.5 Å². The summed E-state index contributed by atoms with van der Waals surface area (Å²) in [5, 5.41) is 30.4. The second-order valence-electron chi connectivity index (χ2n) is 4.99. The van der Waals surface area contributed by atoms with Crippen LogP contribution in [-0.4, -0.2) is 54.3 Å². The minimum atomic E-state index is -0.630. The molecule has 1 N–H and O–H groups in total. The molecular formula is C18H23BrN2O8. The summed E-state index contributed by atoms with van der Waals surface area (Å²) >= 11 is 3.18. The van der Waals surface area contributed by atoms with E-state index < -0.39 is 9.85 Å². The zero-order valence-electron chi connectivity index (χ0n) is 16.0. The van der Waals surface area contributed by atoms with Gasteiger partial charge < -0.3 is 19.3 Å². The Morgan fingerprint density at radius 3 is 1.79 bits per heavy atom. The van der Waals surface area contributed by atoms with E-state index in [1.807, 2.05) is 0 Å². The summed E-state index contributed by atoms with van der Waals surface area (Å²) < 4.78 is 14.6. The summed E-state index contributed by atoms with van der Waals surface area (Å²) in [5.74, 6) is -0.0259. The second-order valence-corrected chi connectivity index (χ2v) is 5.79. The monoisotopic (exact) mass is 474 g/mol. The third kappa shape index (κ3) is 11.6. The van der Waals surface area contributed by atoms with E-state index in [0.717, 1.165) is 11.9 Å². The topological polar surface area (TPSA) is 134 Å². The number of ether oxygens (including phenoxy) is 3. The average molecular weight is 475 g/mol. The van der Waals surface area contributed by atoms with E-state index in [9.17, 15) is 20.2 Å². The predicted molar refractivity (Wildman–Crippen MR) is 111 cm³/mol. The Morgan fingerprint density at radius 1 is 0.862 bits per heavy atom. The van der Waals surface area contributed by atoms with Gasteiger partial charge in [0.2, 0.25) is 0 Å². The number of hydrogen-bond donors (Lipinski definition) is 1. The van der Waals surface area contributed by atoms with Crippen molar-refractivity contribution in [2.24, 2.45) is 0 Å². The molecule has 0 heterocycles. The van der Waals surface area contributed by atoms with Gasteiger partial charge in [0.05, 0.1) is 23.1 Å². The summed E-state index contributed by atoms with van der Waals surface area (Å²) in [6, 6.07) is 11.8. The lowest BCUT2D eigenvalue weighted by molar-refractivity contribution is -0.386. The molecule has 2 aromatic rings. The highest BCUT2D eigenvalue weighted by atomic mass is 79.9. The number of benzene rings is 2. The first-order valence-corrected chi connectivity index (χ1v) is 9.33. The van der Waals surface area contributed by atoms with E-state index in [1.54, 1.807) is 32.4 Å². The number of hydrogen-bond acceptors (Lipinski definition) is 8. The number of para-hydroxylation sites is 4. The van der Waals surface area contributed by atoms with Crippen LogP contribution in [-0.2, 0) is 9.47 Å². The lowest BCUT2D eigenvalue weighted by Crippen LogP contribution is -2.05. The molecule has 0 amide bonds. The minimum Gasteiger partial charge on any atom is -0.502 e. The molecule has 2 aromatic carbocycles. The Bertz CT molecular complexity index is 743. The third-order valence-electron chi connectivity index (χ3n) is 2.97. The number of phenolic OH excluding ortho intramolecular Hbond substituents is 1. The summed E-state index contributed by atoms with van der Waals surface area (Å²) in [7, 11) is 3.23. The van der Waals surface area contributed by atoms with Crippen molar-refractivity contribution < 1.29 is 29.2 Å². The Labute approximate surface area is 176 Å². The maximum absolute atomic E-state index is 10.5. The van der Waals surface area contributed by atoms with Gasteiger partial charge in [0.25, 0.3) is 0 Å². The number of alkyl halides is 1. The van der Waals surface area contributed by atoms with E-state index in [1.165, 1.54) is 30.3 Å². The molecule has 0 atom stereocenters. The Kier molecular flexibility index (Phi) is 14.7. The molecule has 0 spiro atoms. The number of methoxy groups -OCH3 is 2. The molecule has 0 unspecified atom stereocenters. The molecule has 0 saturated heterocycles. The number of aromatic hydroxyl groups is 1. The zero-order valence-corrected chi connectivity index (χ0v) is 17.6. The summed E-state index contributed by atoms with van der Waals surface area (Å²) in [5.41, 5.74) is -0.286. The molecule has 0 aliphatic carbocycles. The van der Waals surface area contributed by atoms with Crippen LogP contribution in [0.25, 0.3) is 0 Å². The smallest absolute Gasteiger partial charge is 0.310 e. The van der Waals surface area contributed by atoms with Crippen molar-refractivity contribution in [3.63, 3.8) is 0 Å². The van der Waals surface area contributed by atoms with E-state index in [-0.39, 0.29) is 22.9 Å². The fraction of sp³-hybridized carbons (Fsp3) is 0.333. The van der Waals surface area contributed by atoms with E-state index in [0.29, 0.717) is 13.2 Å². The number of nitrogens with zero attached hydrogens (tertiary/aromatic N) is 2. The molecule has 0 bridgehead atoms. The first-order chi connectivity index (χ1) is 13.9. The maximum Gasteiger partial charge on any atom is 0.310 e. The molecule has 0 aliphatic rings. The van der Waals surface area contributed by atoms with Gasteiger partial charge in [-0.2, -0.15) is 0 Å². The third-order valence-corrected chi connectivity index (χ3v) is 3.29. The fourth-order valence-corrected chi connectivity index (χ4v) is 1.98. The Balaban J connectivity index is 0.000000455. The van der Waals surface area contributed by atoms with Crippen LogP contribution in [0.5, 0.6) is 11.5 Å². The highest BCUT2D eigenvalue weighted by Crippen LogP contribution is 2.25. The van der Waals surface area contributed by atoms with Crippen LogP contribution in [0.4, 0.5) is 11.4 Å². The summed E-state index contributed by atoms with van der Waals surface area (Å²) in [6.07, 6.45) is 0. The van der Waals surface area contributed by atoms with E-state index >= 15 is 0 Å². The lowest BCUT2D eigenvalue weighted by Gasteiger charge is -2.04. The second kappa shape index (κ2) is 16.2. The molecule has 11 heteroatoms. The molecule has 0 saturated carbocycles. The Morgan fingerprint density at radius 2 is 1.38 bits per heavy atom. The molecule has 0 aliphatic heterocycles. The number of halogens is 1. The zero-order chi connectivity index (χ0) is 22.1. The van der Waals surface area contributed by atoms with Gasteiger partial charge >= 0.3 is 11.4 Å². The van der Waals surface area contributed by atoms with Crippen molar-refractivity contribution in [1.82, 2.24) is 0 Å². The van der Waals surface area contributed by atoms with Gasteiger partial charge in [-0.25, -0.2) is 0 Å². The summed E-state index contributed by atoms with van der Waals surface area (Å²) in [4.78, 5) is 19.5. The summed E-state index contributed by atoms with van der Waals surface area (Å²) in [6.45, 7) is 1.52. The molecular weight excluding hydrogens is 452 g/mol. The van der Waals surface area contributed by atoms with Crippen LogP contribution >= 0.6 is 15.9 Å². The minimum absolute atomic E-state index is 0.0244. The van der Waals surface area contributed by atoms with Crippen molar-refractivity contribution in [3.05, 3.63) is 68.8 Å². The number of phenols is 1. The van der Waals surface area contributed by atoms with Crippen LogP contribution in [0.3, 0.4) is 0 Å². The van der Waals surface area contributed by atoms with Gasteiger partial charge in [0.1, 0.15) is 6.61 Å². The highest BCUT2D eigenvalue weighted by Gasteiger charge is 2.12. The van der Waals surface area contributed by atoms with Gasteiger partial charge in [0.15, 0.2) is 11.5 Å². The van der Waals surface area contributed by atoms with E-state index in [4.69, 9.17) is 14.6 Å². The number of nitro benzene ring substituents is 2. The van der Waals surface area contributed by atoms with Crippen LogP contribution in [0.2, 0.25) is 0 Å². The normalized spacial score (nSPS) is 9.34. The first kappa shape index (κ1) is 26.2. The lowest BCUT2D eigenvalue weighted by atomic mass is 10.3. The highest BCUT2D eigenvalue weighted by molar-refractivity contribution is 9.09. The standard InChI is InChI=1S/C9H11NO4.C6H5NO3.C3H7BrO/c1-13-6-7-14-9-5-3-2-4-8(9)10(11)12;8-6-4-2-1-3-5(6)7(9)10;1-5-3-2-4/h2-5H,6-7H2,1H3;1-4,8H;2-3H2,1H3. The predicted octanol–water partition coefficient (Wildman–Crippen LogP) is 3.95. The SMILES string of the molecule is COCCBr.COCCOc1ccccc1[N+](=O)[O-].O=[N+]([O-])c1ccccc1O. The maximum atomic E-state index is 10.5. The molecule has 29 heavy (non-hydrogen) atoms. The van der Waals surface area contributed by atoms with Crippen molar-refractivity contribution in [2.45, 2.75) is 0 Å². The molecule has 0 aromatic heterocycles. The van der Waals surface area contributed by atoms with Crippen LogP contribution in [0.15, 0.2) is 48.5 Å². The van der Waals surface area contributed by atoms with Gasteiger partial charge in [-0.05, 0) is 12.1 Å². The quantitative estimate of drug-likeness (QED) is 0.263. The molecule has 0 fully saturated rings. The van der Waals surface area contributed by atoms with Crippen LogP contribution < -0.4 is 4.74 Å². The van der Waals surface area contributed by atoms with Gasteiger partial charge in [0, 0.05) is 31.7 Å². The molecule has 2 rings (SSSR count). The average Bonchev–Trinajstić information content (AvgIpc) is 2.70. The fourth-order valence-electron chi connectivity index (χ4n) is 1.66. The largest absolute Gasteiger partial charge is 0.502 e. The molecule has 0 radical (unpaired) electrons. The van der Waals surface area contributed by atoms with Crippen LogP contribution in [0, 0.1) is 20.2 Å². The Hall–Kier alpha value is -2.76. The first-order valence-electron chi connectivity index (χ1n) is 8.21. The van der Waals surface area contributed by atoms with Gasteiger partial charge in [-0.15, -0.1) is 0 Å². The molecule has 160 valence electrons. The van der Waals surface area contributed by atoms with Crippen molar-refractivity contribution in [1.29, 1.82) is 0 Å². The van der Waals surface area contributed by atoms with Crippen LogP contribution in [0.1, 0.15) is 0 Å². The number of rotatable bonds is 8. The van der Waals surface area contributed by atoms with Gasteiger partial charge in [-0.3, -0.25) is 20.2 Å². The number of nitro groups is 2. The van der Waals surface area contributed by atoms with Crippen molar-refractivity contribution in [2.75, 3.05) is 39.4 Å². The molecule has 10 nitrogen and oxygen atoms in total. The van der Waals surface area contributed by atoms with Crippen molar-refractivity contribution >= 4 is 27.3 Å². The van der Waals surface area contributed by atoms with E-state index in [2.05, 4.69) is 20.7 Å². The van der Waals surface area contributed by atoms with Gasteiger partial charge in [-0.1, -0.05) is 40.2 Å².